The number of hydrogen-bond donors (Lipinski definition) is 3. The molecule has 2 amide bonds. The molecule has 0 bridgehead atoms. The van der Waals surface area contributed by atoms with Crippen LogP contribution in [0.25, 0.3) is 0 Å². The molecule has 0 atom stereocenters. The van der Waals surface area contributed by atoms with Crippen LogP contribution < -0.4 is 21.3 Å². The number of nitrogens with two attached hydrogens (primary N) is 1. The molecule has 0 spiro atoms. The molecule has 1 aromatic rings. The van der Waals surface area contributed by atoms with E-state index in [1.165, 1.54) is 0 Å². The Bertz CT molecular complexity index is 375. The predicted octanol–water partition coefficient (Wildman–Crippen LogP) is 0.0137. The Balaban J connectivity index is 2.61. The molecule has 0 aliphatic heterocycles. The standard InChI is InChI=1S/C10H13N3O3/c1-2-16-8-5-3-7(4-6-8)12-9(14)10(15)13-11/h3-6H,2,11H2,1H3,(H,12,14)(H,13,15). The summed E-state index contributed by atoms with van der Waals surface area (Å²) in [5.74, 6) is 3.80. The number of benzene rings is 1. The molecule has 6 nitrogen and oxygen atoms in total. The molecular formula is C10H13N3O3. The van der Waals surface area contributed by atoms with Crippen LogP contribution in [0.5, 0.6) is 5.75 Å². The van der Waals surface area contributed by atoms with Gasteiger partial charge < -0.3 is 10.1 Å². The van der Waals surface area contributed by atoms with Crippen molar-refractivity contribution in [3.63, 3.8) is 0 Å². The maximum Gasteiger partial charge on any atom is 0.323 e. The second kappa shape index (κ2) is 5.72. The maximum atomic E-state index is 11.1. The maximum absolute atomic E-state index is 11.1. The minimum atomic E-state index is -0.895. The van der Waals surface area contributed by atoms with E-state index < -0.39 is 11.8 Å². The van der Waals surface area contributed by atoms with E-state index in [4.69, 9.17) is 10.6 Å². The second-order valence-electron chi connectivity index (χ2n) is 2.88. The first-order chi connectivity index (χ1) is 7.67. The molecule has 0 saturated carbocycles. The number of hydrazine groups is 1. The molecule has 0 aliphatic rings. The highest BCUT2D eigenvalue weighted by molar-refractivity contribution is 6.39. The molecule has 86 valence electrons. The number of ether oxygens (including phenoxy) is 1. The zero-order valence-electron chi connectivity index (χ0n) is 8.82. The summed E-state index contributed by atoms with van der Waals surface area (Å²) in [7, 11) is 0. The highest BCUT2D eigenvalue weighted by atomic mass is 16.5. The molecule has 6 heteroatoms. The van der Waals surface area contributed by atoms with Gasteiger partial charge in [-0.05, 0) is 31.2 Å². The molecule has 0 heterocycles. The monoisotopic (exact) mass is 223 g/mol. The van der Waals surface area contributed by atoms with Gasteiger partial charge in [-0.25, -0.2) is 5.84 Å². The number of carbonyl (C=O) groups is 2. The van der Waals surface area contributed by atoms with Gasteiger partial charge in [-0.2, -0.15) is 0 Å². The van der Waals surface area contributed by atoms with E-state index in [0.717, 1.165) is 0 Å². The van der Waals surface area contributed by atoms with Crippen LogP contribution >= 0.6 is 0 Å². The van der Waals surface area contributed by atoms with Gasteiger partial charge in [0.2, 0.25) is 0 Å². The Morgan fingerprint density at radius 2 is 1.88 bits per heavy atom. The zero-order chi connectivity index (χ0) is 12.0. The van der Waals surface area contributed by atoms with Gasteiger partial charge in [0.15, 0.2) is 0 Å². The van der Waals surface area contributed by atoms with Crippen molar-refractivity contribution in [3.8, 4) is 5.75 Å². The lowest BCUT2D eigenvalue weighted by Gasteiger charge is -2.06. The largest absolute Gasteiger partial charge is 0.494 e. The number of amides is 2. The van der Waals surface area contributed by atoms with E-state index in [1.807, 2.05) is 6.92 Å². The molecule has 1 rings (SSSR count). The van der Waals surface area contributed by atoms with Crippen molar-refractivity contribution in [1.29, 1.82) is 0 Å². The Hall–Kier alpha value is -2.08. The molecule has 1 aromatic carbocycles. The van der Waals surface area contributed by atoms with Crippen LogP contribution in [0.4, 0.5) is 5.69 Å². The minimum Gasteiger partial charge on any atom is -0.494 e. The van der Waals surface area contributed by atoms with Crippen molar-refractivity contribution in [2.75, 3.05) is 11.9 Å². The number of hydrogen-bond acceptors (Lipinski definition) is 4. The van der Waals surface area contributed by atoms with Gasteiger partial charge >= 0.3 is 11.8 Å². The van der Waals surface area contributed by atoms with E-state index in [-0.39, 0.29) is 0 Å². The predicted molar refractivity (Wildman–Crippen MR) is 58.6 cm³/mol. The molecule has 16 heavy (non-hydrogen) atoms. The van der Waals surface area contributed by atoms with E-state index >= 15 is 0 Å². The van der Waals surface area contributed by atoms with Crippen LogP contribution in [-0.4, -0.2) is 18.4 Å². The van der Waals surface area contributed by atoms with Gasteiger partial charge in [0, 0.05) is 5.69 Å². The van der Waals surface area contributed by atoms with Gasteiger partial charge in [0.05, 0.1) is 6.61 Å². The van der Waals surface area contributed by atoms with Crippen molar-refractivity contribution in [2.24, 2.45) is 5.84 Å². The first-order valence-electron chi connectivity index (χ1n) is 4.72. The van der Waals surface area contributed by atoms with Crippen LogP contribution in [0.2, 0.25) is 0 Å². The highest BCUT2D eigenvalue weighted by Gasteiger charge is 2.11. The Morgan fingerprint density at radius 1 is 1.25 bits per heavy atom. The number of nitrogens with one attached hydrogen (secondary N) is 2. The zero-order valence-corrected chi connectivity index (χ0v) is 8.82. The molecule has 0 fully saturated rings. The van der Waals surface area contributed by atoms with Crippen molar-refractivity contribution in [2.45, 2.75) is 6.92 Å². The van der Waals surface area contributed by atoms with Crippen LogP contribution in [-0.2, 0) is 9.59 Å². The molecule has 0 aromatic heterocycles. The summed E-state index contributed by atoms with van der Waals surface area (Å²) in [5, 5.41) is 2.38. The molecule has 0 radical (unpaired) electrons. The lowest BCUT2D eigenvalue weighted by atomic mass is 10.3. The van der Waals surface area contributed by atoms with E-state index in [9.17, 15) is 9.59 Å². The van der Waals surface area contributed by atoms with Crippen molar-refractivity contribution in [1.82, 2.24) is 5.43 Å². The topological polar surface area (TPSA) is 93.4 Å². The average molecular weight is 223 g/mol. The normalized spacial score (nSPS) is 9.38. The summed E-state index contributed by atoms with van der Waals surface area (Å²) in [6.45, 7) is 2.45. The van der Waals surface area contributed by atoms with Crippen molar-refractivity contribution < 1.29 is 14.3 Å². The summed E-state index contributed by atoms with van der Waals surface area (Å²) < 4.78 is 5.22. The number of carbonyl (C=O) groups excluding carboxylic acids is 2. The molecule has 0 aliphatic carbocycles. The lowest BCUT2D eigenvalue weighted by molar-refractivity contribution is -0.136. The molecule has 0 unspecified atom stereocenters. The van der Waals surface area contributed by atoms with Crippen molar-refractivity contribution in [3.05, 3.63) is 24.3 Å². The van der Waals surface area contributed by atoms with Gasteiger partial charge in [0.1, 0.15) is 5.75 Å². The van der Waals surface area contributed by atoms with Crippen LogP contribution in [0.1, 0.15) is 6.92 Å². The van der Waals surface area contributed by atoms with Gasteiger partial charge in [-0.3, -0.25) is 15.0 Å². The fourth-order valence-electron chi connectivity index (χ4n) is 1.05. The summed E-state index contributed by atoms with van der Waals surface area (Å²) in [5.41, 5.74) is 2.24. The second-order valence-corrected chi connectivity index (χ2v) is 2.88. The van der Waals surface area contributed by atoms with Crippen LogP contribution in [0, 0.1) is 0 Å². The van der Waals surface area contributed by atoms with Crippen molar-refractivity contribution >= 4 is 17.5 Å². The smallest absolute Gasteiger partial charge is 0.323 e. The minimum absolute atomic E-state index is 0.497. The Kier molecular flexibility index (Phi) is 4.28. The van der Waals surface area contributed by atoms with Gasteiger partial charge in [-0.1, -0.05) is 0 Å². The van der Waals surface area contributed by atoms with E-state index in [1.54, 1.807) is 29.7 Å². The van der Waals surface area contributed by atoms with Gasteiger partial charge in [-0.15, -0.1) is 0 Å². The molecule has 4 N–H and O–H groups in total. The van der Waals surface area contributed by atoms with E-state index in [0.29, 0.717) is 18.0 Å². The first kappa shape index (κ1) is 12.0. The van der Waals surface area contributed by atoms with Crippen LogP contribution in [0.3, 0.4) is 0 Å². The summed E-state index contributed by atoms with van der Waals surface area (Å²) in [6, 6.07) is 6.65. The molecule has 0 saturated heterocycles. The summed E-state index contributed by atoms with van der Waals surface area (Å²) in [4.78, 5) is 21.9. The number of anilines is 1. The van der Waals surface area contributed by atoms with E-state index in [2.05, 4.69) is 5.32 Å². The van der Waals surface area contributed by atoms with Crippen LogP contribution in [0.15, 0.2) is 24.3 Å². The average Bonchev–Trinajstić information content (AvgIpc) is 2.31. The Labute approximate surface area is 92.7 Å². The third-order valence-corrected chi connectivity index (χ3v) is 1.76. The Morgan fingerprint density at radius 3 is 2.38 bits per heavy atom. The quantitative estimate of drug-likeness (QED) is 0.291. The first-order valence-corrected chi connectivity index (χ1v) is 4.72. The number of rotatable bonds is 3. The summed E-state index contributed by atoms with van der Waals surface area (Å²) in [6.07, 6.45) is 0. The lowest BCUT2D eigenvalue weighted by Crippen LogP contribution is -2.39. The SMILES string of the molecule is CCOc1ccc(NC(=O)C(=O)NN)cc1. The third-order valence-electron chi connectivity index (χ3n) is 1.76. The highest BCUT2D eigenvalue weighted by Crippen LogP contribution is 2.15. The fourth-order valence-corrected chi connectivity index (χ4v) is 1.05. The third kappa shape index (κ3) is 3.25. The fraction of sp³-hybridized carbons (Fsp3) is 0.200. The van der Waals surface area contributed by atoms with Gasteiger partial charge in [0.25, 0.3) is 0 Å². The summed E-state index contributed by atoms with van der Waals surface area (Å²) >= 11 is 0. The molecular weight excluding hydrogens is 210 g/mol.